The van der Waals surface area contributed by atoms with Crippen LogP contribution in [0.15, 0.2) is 31.0 Å². The van der Waals surface area contributed by atoms with Crippen molar-refractivity contribution in [3.8, 4) is 0 Å². The average Bonchev–Trinajstić information content (AvgIpc) is 3.35. The molecule has 11 heteroatoms. The predicted molar refractivity (Wildman–Crippen MR) is 161 cm³/mol. The standard InChI is InChI=1S/C30H44N2O7SSi/c1-9-12-22(33)27(35)32-25(24(28(32)36)19(3)39-41(7,8)30(4,5)6)21-13-11-14-23(26(21)34)40-20-15-16-31(18-20)29(37)38-17-10-2/h10,12,19-21,23-25H,1-2,11,13-18H2,3-8H3/t19-,20+,21-,23+,24-,25-/m1/s1. The largest absolute Gasteiger partial charge is 0.445 e. The monoisotopic (exact) mass is 604 g/mol. The molecule has 3 rings (SSSR count). The highest BCUT2D eigenvalue weighted by molar-refractivity contribution is 8.01. The van der Waals surface area contributed by atoms with Gasteiger partial charge >= 0.3 is 12.0 Å². The number of amides is 3. The topological polar surface area (TPSA) is 110 Å². The fraction of sp³-hybridized carbons (Fsp3) is 0.667. The van der Waals surface area contributed by atoms with Gasteiger partial charge in [0, 0.05) is 30.3 Å². The third kappa shape index (κ3) is 7.13. The first-order chi connectivity index (χ1) is 19.1. The van der Waals surface area contributed by atoms with E-state index in [1.165, 1.54) is 6.08 Å². The molecule has 3 fully saturated rings. The smallest absolute Gasteiger partial charge is 0.410 e. The van der Waals surface area contributed by atoms with Crippen molar-refractivity contribution in [2.75, 3.05) is 19.7 Å². The molecule has 3 amide bonds. The van der Waals surface area contributed by atoms with Gasteiger partial charge in [-0.1, -0.05) is 46.4 Å². The van der Waals surface area contributed by atoms with Crippen molar-refractivity contribution < 1.29 is 33.1 Å². The molecule has 226 valence electrons. The number of ketones is 2. The molecule has 0 aromatic rings. The zero-order valence-electron chi connectivity index (χ0n) is 25.1. The number of imide groups is 1. The van der Waals surface area contributed by atoms with E-state index in [0.717, 1.165) is 23.8 Å². The zero-order valence-corrected chi connectivity index (χ0v) is 27.0. The molecule has 0 spiro atoms. The first kappa shape index (κ1) is 33.0. The quantitative estimate of drug-likeness (QED) is 0.0894. The molecule has 3 aliphatic rings. The van der Waals surface area contributed by atoms with Crippen molar-refractivity contribution in [3.05, 3.63) is 31.0 Å². The van der Waals surface area contributed by atoms with E-state index in [1.807, 2.05) is 6.92 Å². The molecular weight excluding hydrogens is 560 g/mol. The minimum absolute atomic E-state index is 0.0135. The highest BCUT2D eigenvalue weighted by Crippen LogP contribution is 2.45. The molecule has 1 saturated carbocycles. The number of ether oxygens (including phenoxy) is 1. The normalized spacial score (nSPS) is 27.5. The number of hydrogen-bond acceptors (Lipinski definition) is 8. The number of Topliss-reactive ketones (excluding diaryl/α,β-unsaturated/α-hetero) is 1. The van der Waals surface area contributed by atoms with E-state index in [4.69, 9.17) is 9.16 Å². The summed E-state index contributed by atoms with van der Waals surface area (Å²) in [5.41, 5.74) is 2.31. The summed E-state index contributed by atoms with van der Waals surface area (Å²) in [5, 5.41) is -0.341. The van der Waals surface area contributed by atoms with Gasteiger partial charge in [-0.2, -0.15) is 0 Å². The van der Waals surface area contributed by atoms with E-state index in [-0.39, 0.29) is 34.0 Å². The van der Waals surface area contributed by atoms with E-state index in [9.17, 15) is 24.0 Å². The Bertz CT molecular complexity index is 1130. The molecule has 0 unspecified atom stereocenters. The van der Waals surface area contributed by atoms with Crippen molar-refractivity contribution in [2.45, 2.75) is 94.2 Å². The number of thioether (sulfide) groups is 1. The van der Waals surface area contributed by atoms with Gasteiger partial charge in [-0.25, -0.2) is 4.79 Å². The second-order valence-corrected chi connectivity index (χ2v) is 18.9. The van der Waals surface area contributed by atoms with Crippen LogP contribution in [0.3, 0.4) is 0 Å². The van der Waals surface area contributed by atoms with Gasteiger partial charge < -0.3 is 14.1 Å². The highest BCUT2D eigenvalue weighted by Gasteiger charge is 2.60. The highest BCUT2D eigenvalue weighted by atomic mass is 32.2. The Balaban J connectivity index is 1.81. The molecule has 2 heterocycles. The second kappa shape index (κ2) is 13.2. The Kier molecular flexibility index (Phi) is 10.7. The van der Waals surface area contributed by atoms with Crippen LogP contribution in [0.25, 0.3) is 0 Å². The van der Waals surface area contributed by atoms with Gasteiger partial charge in [-0.05, 0) is 44.3 Å². The molecule has 9 nitrogen and oxygen atoms in total. The summed E-state index contributed by atoms with van der Waals surface area (Å²) in [7, 11) is -2.27. The van der Waals surface area contributed by atoms with Crippen molar-refractivity contribution >= 4 is 49.6 Å². The van der Waals surface area contributed by atoms with Crippen LogP contribution in [-0.4, -0.2) is 89.9 Å². The van der Waals surface area contributed by atoms with Crippen LogP contribution in [0.5, 0.6) is 0 Å². The zero-order chi connectivity index (χ0) is 30.7. The first-order valence-corrected chi connectivity index (χ1v) is 18.2. The van der Waals surface area contributed by atoms with Crippen molar-refractivity contribution in [1.82, 2.24) is 9.80 Å². The maximum absolute atomic E-state index is 14.0. The van der Waals surface area contributed by atoms with Crippen LogP contribution in [0, 0.1) is 11.8 Å². The first-order valence-electron chi connectivity index (χ1n) is 14.3. The summed E-state index contributed by atoms with van der Waals surface area (Å²) in [6, 6.07) is -0.748. The number of nitrogens with zero attached hydrogens (tertiary/aromatic N) is 2. The number of rotatable bonds is 10. The molecule has 0 aromatic carbocycles. The Hall–Kier alpha value is -2.46. The lowest BCUT2D eigenvalue weighted by atomic mass is 9.70. The van der Waals surface area contributed by atoms with E-state index in [2.05, 4.69) is 52.8 Å². The molecule has 2 aliphatic heterocycles. The van der Waals surface area contributed by atoms with E-state index >= 15 is 0 Å². The van der Waals surface area contributed by atoms with Crippen LogP contribution in [-0.2, 0) is 28.3 Å². The lowest BCUT2D eigenvalue weighted by Gasteiger charge is -2.53. The lowest BCUT2D eigenvalue weighted by Crippen LogP contribution is -2.71. The van der Waals surface area contributed by atoms with Gasteiger partial charge in [0.25, 0.3) is 5.78 Å². The molecule has 2 saturated heterocycles. The molecule has 0 radical (unpaired) electrons. The number of β-lactam (4-membered cyclic amide) rings is 1. The minimum atomic E-state index is -2.27. The van der Waals surface area contributed by atoms with Crippen LogP contribution >= 0.6 is 11.8 Å². The van der Waals surface area contributed by atoms with Crippen molar-refractivity contribution in [1.29, 1.82) is 0 Å². The maximum Gasteiger partial charge on any atom is 0.410 e. The Morgan fingerprint density at radius 2 is 1.88 bits per heavy atom. The molecule has 0 aromatic heterocycles. The van der Waals surface area contributed by atoms with Crippen molar-refractivity contribution in [3.63, 3.8) is 0 Å². The molecular formula is C30H44N2O7SSi. The second-order valence-electron chi connectivity index (χ2n) is 12.6. The summed E-state index contributed by atoms with van der Waals surface area (Å²) >= 11 is 1.56. The van der Waals surface area contributed by atoms with Gasteiger partial charge in [0.1, 0.15) is 6.61 Å². The van der Waals surface area contributed by atoms with Gasteiger partial charge in [-0.15, -0.1) is 17.5 Å². The van der Waals surface area contributed by atoms with Crippen LogP contribution in [0.1, 0.15) is 53.4 Å². The van der Waals surface area contributed by atoms with Gasteiger partial charge in [0.05, 0.1) is 23.3 Å². The summed E-state index contributed by atoms with van der Waals surface area (Å²) in [6.07, 6.45) is 4.24. The van der Waals surface area contributed by atoms with Crippen LogP contribution in [0.2, 0.25) is 18.1 Å². The number of hydrogen-bond donors (Lipinski definition) is 0. The van der Waals surface area contributed by atoms with Gasteiger partial charge in [-0.3, -0.25) is 24.1 Å². The summed E-state index contributed by atoms with van der Waals surface area (Å²) < 4.78 is 11.7. The molecule has 1 aliphatic carbocycles. The van der Waals surface area contributed by atoms with Crippen LogP contribution in [0.4, 0.5) is 4.79 Å². The lowest BCUT2D eigenvalue weighted by molar-refractivity contribution is -0.178. The minimum Gasteiger partial charge on any atom is -0.445 e. The fourth-order valence-electron chi connectivity index (χ4n) is 5.64. The molecule has 0 bridgehead atoms. The Labute approximate surface area is 248 Å². The molecule has 41 heavy (non-hydrogen) atoms. The summed E-state index contributed by atoms with van der Waals surface area (Å²) in [4.78, 5) is 67.8. The summed E-state index contributed by atoms with van der Waals surface area (Å²) in [5.74, 6) is -3.64. The van der Waals surface area contributed by atoms with Gasteiger partial charge in [0.15, 0.2) is 14.1 Å². The third-order valence-corrected chi connectivity index (χ3v) is 14.9. The van der Waals surface area contributed by atoms with Gasteiger partial charge in [0.2, 0.25) is 5.91 Å². The fourth-order valence-corrected chi connectivity index (χ4v) is 8.66. The van der Waals surface area contributed by atoms with Crippen molar-refractivity contribution in [2.24, 2.45) is 11.8 Å². The van der Waals surface area contributed by atoms with E-state index < -0.39 is 49.9 Å². The third-order valence-electron chi connectivity index (χ3n) is 8.80. The molecule has 6 atom stereocenters. The van der Waals surface area contributed by atoms with E-state index in [0.29, 0.717) is 25.9 Å². The Morgan fingerprint density at radius 3 is 2.49 bits per heavy atom. The van der Waals surface area contributed by atoms with E-state index in [1.54, 1.807) is 16.7 Å². The Morgan fingerprint density at radius 1 is 1.20 bits per heavy atom. The average molecular weight is 605 g/mol. The SMILES string of the molecule is C=C=CC(=O)C(=O)N1C(=O)[C@H]([C@@H](C)O[Si](C)(C)C(C)(C)C)[C@H]1[C@H]1CCC[C@H](S[C@H]2CCN(C(=O)OCC=C)C2)C1=O. The predicted octanol–water partition coefficient (Wildman–Crippen LogP) is 4.53. The molecule has 0 N–H and O–H groups in total. The van der Waals surface area contributed by atoms with Crippen LogP contribution < -0.4 is 0 Å². The summed E-state index contributed by atoms with van der Waals surface area (Å²) in [6.45, 7) is 20.5. The maximum atomic E-state index is 14.0. The number of carbonyl (C=O) groups excluding carboxylic acids is 5. The number of carbonyl (C=O) groups is 5. The number of likely N-dealkylation sites (tertiary alicyclic amines) is 2.